The van der Waals surface area contributed by atoms with Gasteiger partial charge in [-0.1, -0.05) is 13.2 Å². The molecule has 0 rings (SSSR count). The number of ether oxygens (including phenoxy) is 2. The van der Waals surface area contributed by atoms with E-state index in [1.807, 2.05) is 0 Å². The Kier molecular flexibility index (Phi) is 4.29. The fraction of sp³-hybridized carbons (Fsp3) is 0.250. The van der Waals surface area contributed by atoms with Gasteiger partial charge in [-0.15, -0.1) is 0 Å². The van der Waals surface area contributed by atoms with E-state index in [0.717, 1.165) is 6.08 Å². The Morgan fingerprint density at radius 1 is 1.46 bits per heavy atom. The second-order valence-electron chi connectivity index (χ2n) is 2.23. The van der Waals surface area contributed by atoms with Gasteiger partial charge in [0.15, 0.2) is 0 Å². The zero-order valence-electron chi connectivity index (χ0n) is 7.28. The number of hydrogen-bond acceptors (Lipinski definition) is 4. The number of nitrogens with two attached hydrogens (primary N) is 1. The first-order chi connectivity index (χ1) is 5.97. The summed E-state index contributed by atoms with van der Waals surface area (Å²) in [5, 5.41) is 0. The van der Waals surface area contributed by atoms with Crippen LogP contribution in [0.3, 0.4) is 0 Å². The summed E-state index contributed by atoms with van der Waals surface area (Å²) in [4.78, 5) is 21.2. The van der Waals surface area contributed by atoms with Crippen molar-refractivity contribution in [2.24, 2.45) is 5.73 Å². The molecule has 1 amide bonds. The number of carbonyl (C=O) groups is 2. The van der Waals surface area contributed by atoms with Gasteiger partial charge in [0.25, 0.3) is 6.29 Å². The number of carbonyl (C=O) groups excluding carboxylic acids is 2. The largest absolute Gasteiger partial charge is 0.418 e. The Hall–Kier alpha value is -1.78. The lowest BCUT2D eigenvalue weighted by atomic mass is 10.4. The zero-order valence-corrected chi connectivity index (χ0v) is 7.28. The highest BCUT2D eigenvalue weighted by molar-refractivity contribution is 5.87. The van der Waals surface area contributed by atoms with Crippen LogP contribution in [0.2, 0.25) is 0 Å². The van der Waals surface area contributed by atoms with Gasteiger partial charge in [0.1, 0.15) is 0 Å². The minimum Gasteiger partial charge on any atom is -0.418 e. The molecule has 0 heterocycles. The van der Waals surface area contributed by atoms with E-state index in [1.54, 1.807) is 0 Å². The van der Waals surface area contributed by atoms with Gasteiger partial charge in [-0.25, -0.2) is 9.59 Å². The van der Waals surface area contributed by atoms with Crippen LogP contribution in [-0.4, -0.2) is 18.4 Å². The number of amides is 1. The minimum atomic E-state index is -1.17. The molecule has 0 aliphatic heterocycles. The average molecular weight is 185 g/mol. The Balaban J connectivity index is 4.13. The van der Waals surface area contributed by atoms with Crippen LogP contribution >= 0.6 is 0 Å². The predicted molar refractivity (Wildman–Crippen MR) is 45.6 cm³/mol. The van der Waals surface area contributed by atoms with E-state index in [4.69, 9.17) is 5.73 Å². The molecule has 0 spiro atoms. The summed E-state index contributed by atoms with van der Waals surface area (Å²) in [6, 6.07) is 0. The van der Waals surface area contributed by atoms with E-state index in [-0.39, 0.29) is 5.57 Å². The van der Waals surface area contributed by atoms with E-state index < -0.39 is 18.4 Å². The van der Waals surface area contributed by atoms with Gasteiger partial charge >= 0.3 is 12.1 Å². The van der Waals surface area contributed by atoms with Gasteiger partial charge < -0.3 is 15.2 Å². The summed E-state index contributed by atoms with van der Waals surface area (Å²) in [5.74, 6) is -0.675. The molecule has 72 valence electrons. The van der Waals surface area contributed by atoms with Crippen molar-refractivity contribution in [3.8, 4) is 0 Å². The van der Waals surface area contributed by atoms with Crippen molar-refractivity contribution in [2.45, 2.75) is 13.2 Å². The van der Waals surface area contributed by atoms with Gasteiger partial charge in [0.2, 0.25) is 0 Å². The van der Waals surface area contributed by atoms with Crippen LogP contribution in [0.1, 0.15) is 6.92 Å². The third kappa shape index (κ3) is 4.62. The highest BCUT2D eigenvalue weighted by atomic mass is 16.7. The molecule has 0 radical (unpaired) electrons. The monoisotopic (exact) mass is 185 g/mol. The van der Waals surface area contributed by atoms with Crippen molar-refractivity contribution < 1.29 is 19.1 Å². The molecule has 0 bridgehead atoms. The lowest BCUT2D eigenvalue weighted by molar-refractivity contribution is -0.155. The summed E-state index contributed by atoms with van der Waals surface area (Å²) < 4.78 is 8.95. The number of rotatable bonds is 4. The maximum Gasteiger partial charge on any atom is 0.407 e. The Morgan fingerprint density at radius 2 is 2.00 bits per heavy atom. The molecule has 0 saturated carbocycles. The highest BCUT2D eigenvalue weighted by Crippen LogP contribution is 2.01. The van der Waals surface area contributed by atoms with Crippen LogP contribution in [0.5, 0.6) is 0 Å². The van der Waals surface area contributed by atoms with Crippen LogP contribution in [0.4, 0.5) is 4.79 Å². The molecule has 2 N–H and O–H groups in total. The third-order valence-corrected chi connectivity index (χ3v) is 0.996. The van der Waals surface area contributed by atoms with Crippen molar-refractivity contribution in [3.05, 3.63) is 24.8 Å². The summed E-state index contributed by atoms with van der Waals surface area (Å²) in [5.41, 5.74) is 4.89. The Morgan fingerprint density at radius 3 is 2.31 bits per heavy atom. The van der Waals surface area contributed by atoms with Crippen LogP contribution < -0.4 is 5.73 Å². The SMILES string of the molecule is C=CC(OC(N)=O)OC(=O)C(=C)C. The first-order valence-corrected chi connectivity index (χ1v) is 3.42. The fourth-order valence-electron chi connectivity index (χ4n) is 0.441. The molecule has 13 heavy (non-hydrogen) atoms. The van der Waals surface area contributed by atoms with Gasteiger partial charge in [0.05, 0.1) is 0 Å². The standard InChI is InChI=1S/C8H11NO4/c1-4-6(13-8(9)11)12-7(10)5(2)3/h4,6H,1-2H2,3H3,(H2,9,11). The first kappa shape index (κ1) is 11.2. The number of primary amides is 1. The molecule has 0 saturated heterocycles. The second-order valence-corrected chi connectivity index (χ2v) is 2.23. The maximum absolute atomic E-state index is 10.9. The smallest absolute Gasteiger partial charge is 0.407 e. The number of esters is 1. The highest BCUT2D eigenvalue weighted by Gasteiger charge is 2.13. The van der Waals surface area contributed by atoms with Crippen LogP contribution in [0.15, 0.2) is 24.8 Å². The normalized spacial score (nSPS) is 11.2. The molecule has 0 fully saturated rings. The van der Waals surface area contributed by atoms with Gasteiger partial charge in [-0.3, -0.25) is 0 Å². The molecule has 1 unspecified atom stereocenters. The summed E-state index contributed by atoms with van der Waals surface area (Å²) in [6.07, 6.45) is -1.08. The van der Waals surface area contributed by atoms with Gasteiger partial charge in [-0.05, 0) is 13.0 Å². The second kappa shape index (κ2) is 4.97. The molecule has 0 aromatic rings. The molecule has 5 heteroatoms. The molecule has 1 atom stereocenters. The first-order valence-electron chi connectivity index (χ1n) is 3.42. The third-order valence-electron chi connectivity index (χ3n) is 0.996. The van der Waals surface area contributed by atoms with Gasteiger partial charge in [0, 0.05) is 5.57 Å². The fourth-order valence-corrected chi connectivity index (χ4v) is 0.441. The minimum absolute atomic E-state index is 0.194. The lowest BCUT2D eigenvalue weighted by Crippen LogP contribution is -2.25. The topological polar surface area (TPSA) is 78.6 Å². The summed E-state index contributed by atoms with van der Waals surface area (Å²) in [7, 11) is 0. The Bertz CT molecular complexity index is 247. The van der Waals surface area contributed by atoms with Crippen LogP contribution in [0.25, 0.3) is 0 Å². The quantitative estimate of drug-likeness (QED) is 0.303. The van der Waals surface area contributed by atoms with Crippen molar-refractivity contribution in [1.82, 2.24) is 0 Å². The summed E-state index contributed by atoms with van der Waals surface area (Å²) in [6.45, 7) is 8.09. The predicted octanol–water partition coefficient (Wildman–Crippen LogP) is 0.713. The van der Waals surface area contributed by atoms with Gasteiger partial charge in [-0.2, -0.15) is 0 Å². The molecule has 0 aromatic heterocycles. The number of hydrogen-bond donors (Lipinski definition) is 1. The molecular weight excluding hydrogens is 174 g/mol. The Labute approximate surface area is 75.8 Å². The maximum atomic E-state index is 10.9. The van der Waals surface area contributed by atoms with E-state index in [1.165, 1.54) is 6.92 Å². The lowest BCUT2D eigenvalue weighted by Gasteiger charge is -2.12. The van der Waals surface area contributed by atoms with E-state index >= 15 is 0 Å². The van der Waals surface area contributed by atoms with E-state index in [9.17, 15) is 9.59 Å². The molecule has 0 aromatic carbocycles. The van der Waals surface area contributed by atoms with Crippen LogP contribution in [-0.2, 0) is 14.3 Å². The van der Waals surface area contributed by atoms with Crippen molar-refractivity contribution >= 4 is 12.1 Å². The zero-order chi connectivity index (χ0) is 10.4. The molecule has 5 nitrogen and oxygen atoms in total. The van der Waals surface area contributed by atoms with Crippen molar-refractivity contribution in [1.29, 1.82) is 0 Å². The van der Waals surface area contributed by atoms with E-state index in [0.29, 0.717) is 0 Å². The molecule has 0 aliphatic carbocycles. The van der Waals surface area contributed by atoms with Crippen molar-refractivity contribution in [3.63, 3.8) is 0 Å². The van der Waals surface area contributed by atoms with Crippen molar-refractivity contribution in [2.75, 3.05) is 0 Å². The average Bonchev–Trinajstić information content (AvgIpc) is 2.02. The summed E-state index contributed by atoms with van der Waals surface area (Å²) >= 11 is 0. The molecular formula is C8H11NO4. The van der Waals surface area contributed by atoms with E-state index in [2.05, 4.69) is 22.6 Å². The van der Waals surface area contributed by atoms with Crippen LogP contribution in [0, 0.1) is 0 Å². The molecule has 0 aliphatic rings.